The van der Waals surface area contributed by atoms with Crippen LogP contribution in [0.15, 0.2) is 0 Å². The molecule has 1 aliphatic rings. The van der Waals surface area contributed by atoms with Gasteiger partial charge in [-0.2, -0.15) is 0 Å². The Morgan fingerprint density at radius 1 is 1.14 bits per heavy atom. The first kappa shape index (κ1) is 18.9. The first-order valence-corrected chi connectivity index (χ1v) is 7.12. The molecule has 9 nitrogen and oxygen atoms in total. The van der Waals surface area contributed by atoms with Gasteiger partial charge in [0.15, 0.2) is 11.3 Å². The second kappa shape index (κ2) is 6.99. The Hall–Kier alpha value is -1.10. The van der Waals surface area contributed by atoms with Crippen molar-refractivity contribution in [2.24, 2.45) is 11.5 Å². The highest BCUT2D eigenvalue weighted by molar-refractivity contribution is 6.11. The van der Waals surface area contributed by atoms with Crippen molar-refractivity contribution >= 4 is 11.8 Å². The zero-order valence-corrected chi connectivity index (χ0v) is 12.2. The fourth-order valence-corrected chi connectivity index (χ4v) is 2.74. The minimum atomic E-state index is -2.34. The van der Waals surface area contributed by atoms with Crippen LogP contribution < -0.4 is 11.5 Å². The van der Waals surface area contributed by atoms with Gasteiger partial charge in [0.1, 0.15) is 11.7 Å². The van der Waals surface area contributed by atoms with Crippen molar-refractivity contribution in [3.63, 3.8) is 0 Å². The van der Waals surface area contributed by atoms with E-state index in [0.29, 0.717) is 13.0 Å². The lowest BCUT2D eigenvalue weighted by Gasteiger charge is -2.42. The Morgan fingerprint density at radius 2 is 1.64 bits per heavy atom. The molecule has 22 heavy (non-hydrogen) atoms. The van der Waals surface area contributed by atoms with E-state index in [2.05, 4.69) is 0 Å². The number of hydrogen-bond acceptors (Lipinski definition) is 8. The Bertz CT molecular complexity index is 419. The van der Waals surface area contributed by atoms with Gasteiger partial charge in [-0.25, -0.2) is 4.79 Å². The quantitative estimate of drug-likeness (QED) is 0.190. The lowest BCUT2D eigenvalue weighted by Crippen LogP contribution is -2.66. The maximum Gasteiger partial charge on any atom is 0.331 e. The van der Waals surface area contributed by atoms with Crippen molar-refractivity contribution in [2.45, 2.75) is 61.6 Å². The summed E-state index contributed by atoms with van der Waals surface area (Å²) >= 11 is 0. The molecule has 0 bridgehead atoms. The highest BCUT2D eigenvalue weighted by atomic mass is 16.4. The molecule has 0 aromatic heterocycles. The third-order valence-corrected chi connectivity index (χ3v) is 4.12. The number of carbonyl (C=O) groups is 2. The van der Waals surface area contributed by atoms with E-state index >= 15 is 0 Å². The van der Waals surface area contributed by atoms with E-state index in [1.54, 1.807) is 0 Å². The van der Waals surface area contributed by atoms with E-state index in [1.807, 2.05) is 0 Å². The third-order valence-electron chi connectivity index (χ3n) is 4.12. The number of nitrogens with two attached hydrogens (primary N) is 2. The lowest BCUT2D eigenvalue weighted by molar-refractivity contribution is -0.179. The molecule has 0 spiro atoms. The number of ketones is 1. The second-order valence-corrected chi connectivity index (χ2v) is 5.92. The molecule has 1 rings (SSSR count). The highest BCUT2D eigenvalue weighted by Crippen LogP contribution is 2.34. The average Bonchev–Trinajstić information content (AvgIpc) is 2.43. The molecule has 0 amide bonds. The molecule has 9 heteroatoms. The molecule has 1 unspecified atom stereocenters. The number of carbonyl (C=O) groups excluding carboxylic acids is 1. The molecule has 0 aromatic carbocycles. The number of aliphatic hydroxyl groups excluding tert-OH is 3. The maximum atomic E-state index is 12.5. The van der Waals surface area contributed by atoms with Crippen LogP contribution in [0.25, 0.3) is 0 Å². The van der Waals surface area contributed by atoms with Crippen LogP contribution in [0, 0.1) is 0 Å². The summed E-state index contributed by atoms with van der Waals surface area (Å²) in [6.45, 7) is 0.303. The van der Waals surface area contributed by atoms with Gasteiger partial charge in [-0.15, -0.1) is 0 Å². The van der Waals surface area contributed by atoms with Crippen LogP contribution >= 0.6 is 0 Å². The average molecular weight is 320 g/mol. The van der Waals surface area contributed by atoms with Crippen molar-refractivity contribution < 1.29 is 35.1 Å². The molecular weight excluding hydrogens is 296 g/mol. The number of carboxylic acid groups (broad SMARTS) is 1. The highest BCUT2D eigenvalue weighted by Gasteiger charge is 2.56. The van der Waals surface area contributed by atoms with Gasteiger partial charge in [0.05, 0.1) is 12.2 Å². The molecule has 3 atom stereocenters. The minimum absolute atomic E-state index is 0.227. The van der Waals surface area contributed by atoms with Crippen molar-refractivity contribution in [1.82, 2.24) is 0 Å². The number of rotatable bonds is 7. The Kier molecular flexibility index (Phi) is 6.02. The summed E-state index contributed by atoms with van der Waals surface area (Å²) in [7, 11) is 0. The first-order chi connectivity index (χ1) is 10.1. The SMILES string of the molecule is NCCCCC(N)(C(=O)O)C(=O)C1(O)C[C@@H](O)C(O)[C@H](O)C1. The van der Waals surface area contributed by atoms with Crippen LogP contribution in [0.2, 0.25) is 0 Å². The summed E-state index contributed by atoms with van der Waals surface area (Å²) < 4.78 is 0. The van der Waals surface area contributed by atoms with Crippen molar-refractivity contribution in [3.8, 4) is 0 Å². The van der Waals surface area contributed by atoms with Gasteiger partial charge in [-0.05, 0) is 25.8 Å². The largest absolute Gasteiger partial charge is 0.480 e. The standard InChI is InChI=1S/C13H24N2O7/c14-4-2-1-3-13(15,11(20)21)10(19)12(22)5-7(16)9(18)8(17)6-12/h7-9,16-18,22H,1-6,14-15H2,(H,20,21)/t7-,8-,9?,12?,13?/m1/s1. The predicted molar refractivity (Wildman–Crippen MR) is 74.7 cm³/mol. The van der Waals surface area contributed by atoms with Crippen LogP contribution in [0.1, 0.15) is 32.1 Å². The predicted octanol–water partition coefficient (Wildman–Crippen LogP) is -2.93. The van der Waals surface area contributed by atoms with Crippen LogP contribution in [-0.2, 0) is 9.59 Å². The van der Waals surface area contributed by atoms with E-state index in [-0.39, 0.29) is 12.8 Å². The van der Waals surface area contributed by atoms with Crippen LogP contribution in [0.5, 0.6) is 0 Å². The van der Waals surface area contributed by atoms with Gasteiger partial charge < -0.3 is 37.0 Å². The summed E-state index contributed by atoms with van der Waals surface area (Å²) in [5.41, 5.74) is 6.35. The number of hydrogen-bond donors (Lipinski definition) is 7. The van der Waals surface area contributed by atoms with E-state index < -0.39 is 54.0 Å². The van der Waals surface area contributed by atoms with Crippen molar-refractivity contribution in [1.29, 1.82) is 0 Å². The lowest BCUT2D eigenvalue weighted by atomic mass is 9.70. The zero-order chi connectivity index (χ0) is 17.1. The molecule has 1 fully saturated rings. The normalized spacial score (nSPS) is 34.9. The van der Waals surface area contributed by atoms with Crippen molar-refractivity contribution in [3.05, 3.63) is 0 Å². The molecule has 0 aliphatic heterocycles. The Morgan fingerprint density at radius 3 is 2.05 bits per heavy atom. The van der Waals surface area contributed by atoms with E-state index in [1.165, 1.54) is 0 Å². The molecule has 0 heterocycles. The number of Topliss-reactive ketones (excluding diaryl/α,β-unsaturated/α-hetero) is 1. The summed E-state index contributed by atoms with van der Waals surface area (Å²) in [4.78, 5) is 23.9. The van der Waals surface area contributed by atoms with Crippen LogP contribution in [0.4, 0.5) is 0 Å². The summed E-state index contributed by atoms with van der Waals surface area (Å²) in [6.07, 6.45) is -5.30. The molecule has 0 saturated heterocycles. The number of aliphatic carboxylic acids is 1. The smallest absolute Gasteiger partial charge is 0.331 e. The topological polar surface area (TPSA) is 187 Å². The molecule has 9 N–H and O–H groups in total. The zero-order valence-electron chi connectivity index (χ0n) is 12.2. The number of unbranched alkanes of at least 4 members (excludes halogenated alkanes) is 1. The third kappa shape index (κ3) is 3.62. The van der Waals surface area contributed by atoms with Gasteiger partial charge in [-0.1, -0.05) is 0 Å². The summed E-state index contributed by atoms with van der Waals surface area (Å²) in [5.74, 6) is -2.78. The Balaban J connectivity index is 3.00. The van der Waals surface area contributed by atoms with Gasteiger partial charge in [-0.3, -0.25) is 4.79 Å². The molecule has 128 valence electrons. The van der Waals surface area contributed by atoms with Crippen molar-refractivity contribution in [2.75, 3.05) is 6.54 Å². The fourth-order valence-electron chi connectivity index (χ4n) is 2.74. The monoisotopic (exact) mass is 320 g/mol. The fraction of sp³-hybridized carbons (Fsp3) is 0.846. The van der Waals surface area contributed by atoms with E-state index in [0.717, 1.165) is 0 Å². The summed E-state index contributed by atoms with van der Waals surface area (Å²) in [5, 5.41) is 48.4. The minimum Gasteiger partial charge on any atom is -0.480 e. The van der Waals surface area contributed by atoms with Crippen LogP contribution in [-0.4, -0.2) is 73.3 Å². The van der Waals surface area contributed by atoms with E-state index in [9.17, 15) is 35.1 Å². The molecule has 1 aliphatic carbocycles. The molecular formula is C13H24N2O7. The van der Waals surface area contributed by atoms with Gasteiger partial charge in [0, 0.05) is 12.8 Å². The first-order valence-electron chi connectivity index (χ1n) is 7.12. The molecule has 1 saturated carbocycles. The maximum absolute atomic E-state index is 12.5. The Labute approximate surface area is 127 Å². The number of carboxylic acids is 1. The summed E-state index contributed by atoms with van der Waals surface area (Å²) in [6, 6.07) is 0. The van der Waals surface area contributed by atoms with Crippen LogP contribution in [0.3, 0.4) is 0 Å². The molecule has 0 aromatic rings. The van der Waals surface area contributed by atoms with Gasteiger partial charge in [0.25, 0.3) is 0 Å². The molecule has 0 radical (unpaired) electrons. The second-order valence-electron chi connectivity index (χ2n) is 5.92. The van der Waals surface area contributed by atoms with Gasteiger partial charge >= 0.3 is 5.97 Å². The van der Waals surface area contributed by atoms with E-state index in [4.69, 9.17) is 11.5 Å². The number of aliphatic hydroxyl groups is 4. The van der Waals surface area contributed by atoms with Gasteiger partial charge in [0.2, 0.25) is 0 Å².